The van der Waals surface area contributed by atoms with E-state index in [4.69, 9.17) is 5.26 Å². The van der Waals surface area contributed by atoms with Gasteiger partial charge in [0.25, 0.3) is 5.56 Å². The topological polar surface area (TPSA) is 49.0 Å². The molecule has 4 heteroatoms. The van der Waals surface area contributed by atoms with Crippen molar-refractivity contribution in [1.82, 2.24) is 4.57 Å². The maximum atomic E-state index is 12.1. The fraction of sp³-hybridized carbons (Fsp3) is 0.368. The molecule has 1 aliphatic heterocycles. The normalized spacial score (nSPS) is 15.4. The zero-order valence-corrected chi connectivity index (χ0v) is 13.4. The molecule has 0 atom stereocenters. The van der Waals surface area contributed by atoms with Gasteiger partial charge in [-0.05, 0) is 42.5 Å². The van der Waals surface area contributed by atoms with Gasteiger partial charge >= 0.3 is 0 Å². The van der Waals surface area contributed by atoms with Gasteiger partial charge in [0, 0.05) is 25.4 Å². The Bertz CT molecular complexity index is 780. The Hall–Kier alpha value is -2.54. The summed E-state index contributed by atoms with van der Waals surface area (Å²) in [6.07, 6.45) is 4.34. The number of piperidine rings is 1. The van der Waals surface area contributed by atoms with Crippen molar-refractivity contribution in [2.24, 2.45) is 5.92 Å². The van der Waals surface area contributed by atoms with Crippen molar-refractivity contribution >= 4 is 5.69 Å². The summed E-state index contributed by atoms with van der Waals surface area (Å²) in [6.45, 7) is 4.87. The van der Waals surface area contributed by atoms with Crippen LogP contribution in [-0.4, -0.2) is 17.7 Å². The number of nitrogens with zero attached hydrogens (tertiary/aromatic N) is 3. The molecule has 0 N–H and O–H groups in total. The fourth-order valence-corrected chi connectivity index (χ4v) is 3.03. The monoisotopic (exact) mass is 307 g/mol. The van der Waals surface area contributed by atoms with Gasteiger partial charge in [0.1, 0.15) is 0 Å². The molecule has 0 unspecified atom stereocenters. The van der Waals surface area contributed by atoms with Crippen molar-refractivity contribution in [3.05, 3.63) is 64.1 Å². The number of nitriles is 1. The van der Waals surface area contributed by atoms with Crippen molar-refractivity contribution in [2.75, 3.05) is 18.0 Å². The quantitative estimate of drug-likeness (QED) is 0.876. The van der Waals surface area contributed by atoms with E-state index in [9.17, 15) is 4.79 Å². The number of benzene rings is 1. The van der Waals surface area contributed by atoms with Crippen LogP contribution in [0.3, 0.4) is 0 Å². The van der Waals surface area contributed by atoms with E-state index in [1.165, 1.54) is 12.8 Å². The number of pyridine rings is 1. The second-order valence-electron chi connectivity index (χ2n) is 6.34. The third kappa shape index (κ3) is 3.62. The third-order valence-electron chi connectivity index (χ3n) is 4.53. The average molecular weight is 307 g/mol. The first-order valence-corrected chi connectivity index (χ1v) is 8.10. The minimum atomic E-state index is -0.0125. The summed E-state index contributed by atoms with van der Waals surface area (Å²) in [4.78, 5) is 14.5. The summed E-state index contributed by atoms with van der Waals surface area (Å²) in [7, 11) is 0. The highest BCUT2D eigenvalue weighted by atomic mass is 16.1. The van der Waals surface area contributed by atoms with Crippen LogP contribution in [0.2, 0.25) is 0 Å². The molecule has 1 fully saturated rings. The fourth-order valence-electron chi connectivity index (χ4n) is 3.03. The van der Waals surface area contributed by atoms with Crippen LogP contribution in [0, 0.1) is 17.2 Å². The molecule has 1 saturated heterocycles. The lowest BCUT2D eigenvalue weighted by molar-refractivity contribution is 0.438. The zero-order chi connectivity index (χ0) is 16.2. The number of hydrogen-bond donors (Lipinski definition) is 0. The summed E-state index contributed by atoms with van der Waals surface area (Å²) in [5.74, 6) is 0.783. The van der Waals surface area contributed by atoms with Gasteiger partial charge in [0.2, 0.25) is 0 Å². The van der Waals surface area contributed by atoms with Gasteiger partial charge in [0.15, 0.2) is 0 Å². The van der Waals surface area contributed by atoms with Crippen molar-refractivity contribution in [3.8, 4) is 6.07 Å². The van der Waals surface area contributed by atoms with Crippen molar-refractivity contribution < 1.29 is 0 Å². The summed E-state index contributed by atoms with van der Waals surface area (Å²) >= 11 is 0. The predicted octanol–water partition coefficient (Wildman–Crippen LogP) is 3.00. The Morgan fingerprint density at radius 3 is 2.74 bits per heavy atom. The molecule has 0 bridgehead atoms. The molecule has 0 radical (unpaired) electrons. The summed E-state index contributed by atoms with van der Waals surface area (Å²) in [5, 5.41) is 8.99. The molecule has 1 aromatic heterocycles. The van der Waals surface area contributed by atoms with Gasteiger partial charge in [-0.25, -0.2) is 0 Å². The summed E-state index contributed by atoms with van der Waals surface area (Å²) in [5.41, 5.74) is 2.68. The van der Waals surface area contributed by atoms with Crippen LogP contribution in [0.25, 0.3) is 0 Å². The van der Waals surface area contributed by atoms with Crippen molar-refractivity contribution in [1.29, 1.82) is 5.26 Å². The Kier molecular flexibility index (Phi) is 4.47. The van der Waals surface area contributed by atoms with E-state index in [0.29, 0.717) is 12.1 Å². The molecule has 23 heavy (non-hydrogen) atoms. The highest BCUT2D eigenvalue weighted by Gasteiger charge is 2.16. The highest BCUT2D eigenvalue weighted by Crippen LogP contribution is 2.22. The van der Waals surface area contributed by atoms with Crippen LogP contribution in [0.4, 0.5) is 5.69 Å². The number of hydrogen-bond acceptors (Lipinski definition) is 3. The van der Waals surface area contributed by atoms with Gasteiger partial charge in [-0.3, -0.25) is 4.79 Å². The standard InChI is InChI=1S/C19H21N3O/c1-15-7-9-21(10-8-15)18-5-6-19(23)22(14-18)13-17-4-2-3-16(11-17)12-20/h2-6,11,14-15H,7-10,13H2,1H3. The summed E-state index contributed by atoms with van der Waals surface area (Å²) in [6, 6.07) is 13.1. The van der Waals surface area contributed by atoms with Crippen LogP contribution in [0.1, 0.15) is 30.9 Å². The molecule has 118 valence electrons. The average Bonchev–Trinajstić information content (AvgIpc) is 2.58. The Labute approximate surface area is 136 Å². The lowest BCUT2D eigenvalue weighted by atomic mass is 9.99. The lowest BCUT2D eigenvalue weighted by Gasteiger charge is -2.32. The molecular formula is C19H21N3O. The van der Waals surface area contributed by atoms with Gasteiger partial charge in [0.05, 0.1) is 23.9 Å². The molecule has 4 nitrogen and oxygen atoms in total. The van der Waals surface area contributed by atoms with Crippen LogP contribution in [0.5, 0.6) is 0 Å². The Balaban J connectivity index is 1.83. The molecule has 0 amide bonds. The van der Waals surface area contributed by atoms with Crippen molar-refractivity contribution in [2.45, 2.75) is 26.3 Å². The first-order valence-electron chi connectivity index (χ1n) is 8.10. The SMILES string of the molecule is CC1CCN(c2ccc(=O)n(Cc3cccc(C#N)c3)c2)CC1. The van der Waals surface area contributed by atoms with E-state index in [-0.39, 0.29) is 5.56 Å². The second kappa shape index (κ2) is 6.70. The van der Waals surface area contributed by atoms with Gasteiger partial charge in [-0.2, -0.15) is 5.26 Å². The number of rotatable bonds is 3. The molecular weight excluding hydrogens is 286 g/mol. The summed E-state index contributed by atoms with van der Waals surface area (Å²) < 4.78 is 1.73. The van der Waals surface area contributed by atoms with E-state index < -0.39 is 0 Å². The first kappa shape index (κ1) is 15.4. The second-order valence-corrected chi connectivity index (χ2v) is 6.34. The molecule has 2 aromatic rings. The van der Waals surface area contributed by atoms with Crippen LogP contribution >= 0.6 is 0 Å². The first-order chi connectivity index (χ1) is 11.2. The smallest absolute Gasteiger partial charge is 0.250 e. The van der Waals surface area contributed by atoms with E-state index in [2.05, 4.69) is 17.9 Å². The molecule has 0 spiro atoms. The highest BCUT2D eigenvalue weighted by molar-refractivity contribution is 5.44. The molecule has 3 rings (SSSR count). The van der Waals surface area contributed by atoms with E-state index in [1.807, 2.05) is 30.5 Å². The maximum Gasteiger partial charge on any atom is 0.250 e. The molecule has 2 heterocycles. The molecule has 0 saturated carbocycles. The Morgan fingerprint density at radius 2 is 2.00 bits per heavy atom. The largest absolute Gasteiger partial charge is 0.370 e. The molecule has 1 aromatic carbocycles. The zero-order valence-electron chi connectivity index (χ0n) is 13.4. The molecule has 1 aliphatic rings. The molecule has 0 aliphatic carbocycles. The van der Waals surface area contributed by atoms with E-state index in [1.54, 1.807) is 16.7 Å². The number of anilines is 1. The lowest BCUT2D eigenvalue weighted by Crippen LogP contribution is -2.33. The van der Waals surface area contributed by atoms with Crippen molar-refractivity contribution in [3.63, 3.8) is 0 Å². The van der Waals surface area contributed by atoms with Gasteiger partial charge < -0.3 is 9.47 Å². The van der Waals surface area contributed by atoms with Crippen LogP contribution in [0.15, 0.2) is 47.4 Å². The van der Waals surface area contributed by atoms with Gasteiger partial charge in [-0.1, -0.05) is 19.1 Å². The number of aromatic nitrogens is 1. The predicted molar refractivity (Wildman–Crippen MR) is 91.6 cm³/mol. The third-order valence-corrected chi connectivity index (χ3v) is 4.53. The van der Waals surface area contributed by atoms with E-state index in [0.717, 1.165) is 30.3 Å². The minimum absolute atomic E-state index is 0.0125. The van der Waals surface area contributed by atoms with E-state index >= 15 is 0 Å². The minimum Gasteiger partial charge on any atom is -0.370 e. The van der Waals surface area contributed by atoms with Crippen LogP contribution in [-0.2, 0) is 6.54 Å². The maximum absolute atomic E-state index is 12.1. The van der Waals surface area contributed by atoms with Gasteiger partial charge in [-0.15, -0.1) is 0 Å². The Morgan fingerprint density at radius 1 is 1.22 bits per heavy atom. The van der Waals surface area contributed by atoms with Crippen LogP contribution < -0.4 is 10.5 Å².